The van der Waals surface area contributed by atoms with E-state index in [0.717, 1.165) is 11.8 Å². The van der Waals surface area contributed by atoms with Gasteiger partial charge in [0.15, 0.2) is 5.78 Å². The molecule has 1 aromatic rings. The fourth-order valence-corrected chi connectivity index (χ4v) is 2.39. The van der Waals surface area contributed by atoms with E-state index in [1.807, 2.05) is 0 Å². The summed E-state index contributed by atoms with van der Waals surface area (Å²) >= 11 is 1.08. The molecular formula is C10H9NO2S. The molecule has 0 radical (unpaired) electrons. The second-order valence-electron chi connectivity index (χ2n) is 3.18. The van der Waals surface area contributed by atoms with Crippen molar-refractivity contribution in [1.82, 2.24) is 0 Å². The van der Waals surface area contributed by atoms with Gasteiger partial charge in [0.25, 0.3) is 0 Å². The third kappa shape index (κ3) is 1.53. The highest BCUT2D eigenvalue weighted by molar-refractivity contribution is 8.15. The lowest BCUT2D eigenvalue weighted by Crippen LogP contribution is -2.12. The SMILES string of the molecule is Nc1cccc(C2C(=O)CSC2=O)c1. The molecule has 1 saturated heterocycles. The highest BCUT2D eigenvalue weighted by atomic mass is 32.2. The maximum absolute atomic E-state index is 11.4. The van der Waals surface area contributed by atoms with Gasteiger partial charge in [-0.05, 0) is 17.7 Å². The number of benzene rings is 1. The first-order valence-corrected chi connectivity index (χ1v) is 5.22. The summed E-state index contributed by atoms with van der Waals surface area (Å²) in [6.07, 6.45) is 0. The van der Waals surface area contributed by atoms with E-state index in [4.69, 9.17) is 5.73 Å². The Balaban J connectivity index is 2.39. The molecule has 0 spiro atoms. The van der Waals surface area contributed by atoms with Gasteiger partial charge in [-0.1, -0.05) is 23.9 Å². The Hall–Kier alpha value is -1.29. The molecule has 0 aromatic heterocycles. The van der Waals surface area contributed by atoms with E-state index < -0.39 is 5.92 Å². The van der Waals surface area contributed by atoms with Gasteiger partial charge in [-0.25, -0.2) is 0 Å². The highest BCUT2D eigenvalue weighted by Crippen LogP contribution is 2.31. The fraction of sp³-hybridized carbons (Fsp3) is 0.200. The number of hydrogen-bond acceptors (Lipinski definition) is 4. The van der Waals surface area contributed by atoms with Crippen LogP contribution in [0.3, 0.4) is 0 Å². The maximum atomic E-state index is 11.4. The van der Waals surface area contributed by atoms with Crippen LogP contribution in [0.2, 0.25) is 0 Å². The minimum Gasteiger partial charge on any atom is -0.399 e. The number of rotatable bonds is 1. The Morgan fingerprint density at radius 3 is 2.71 bits per heavy atom. The van der Waals surface area contributed by atoms with Crippen molar-refractivity contribution in [3.05, 3.63) is 29.8 Å². The molecule has 1 unspecified atom stereocenters. The van der Waals surface area contributed by atoms with Crippen molar-refractivity contribution in [3.8, 4) is 0 Å². The summed E-state index contributed by atoms with van der Waals surface area (Å²) < 4.78 is 0. The summed E-state index contributed by atoms with van der Waals surface area (Å²) in [5, 5.41) is -0.0689. The number of carbonyl (C=O) groups is 2. The Labute approximate surface area is 85.7 Å². The minimum atomic E-state index is -0.594. The van der Waals surface area contributed by atoms with Gasteiger partial charge < -0.3 is 5.73 Å². The maximum Gasteiger partial charge on any atom is 0.204 e. The van der Waals surface area contributed by atoms with Gasteiger partial charge in [0.2, 0.25) is 5.12 Å². The van der Waals surface area contributed by atoms with E-state index in [2.05, 4.69) is 0 Å². The topological polar surface area (TPSA) is 60.2 Å². The van der Waals surface area contributed by atoms with Crippen LogP contribution in [0.5, 0.6) is 0 Å². The van der Waals surface area contributed by atoms with Crippen LogP contribution in [0, 0.1) is 0 Å². The number of Topliss-reactive ketones (excluding diaryl/α,β-unsaturated/α-hetero) is 1. The first-order valence-electron chi connectivity index (χ1n) is 4.23. The lowest BCUT2D eigenvalue weighted by atomic mass is 9.97. The number of hydrogen-bond donors (Lipinski definition) is 1. The standard InChI is InChI=1S/C10H9NO2S/c11-7-3-1-2-6(4-7)9-8(12)5-14-10(9)13/h1-4,9H,5,11H2. The Morgan fingerprint density at radius 2 is 2.14 bits per heavy atom. The molecule has 2 rings (SSSR count). The molecule has 1 aliphatic heterocycles. The first kappa shape index (κ1) is 9.27. The van der Waals surface area contributed by atoms with E-state index in [0.29, 0.717) is 11.3 Å². The van der Waals surface area contributed by atoms with Gasteiger partial charge in [0.05, 0.1) is 5.75 Å². The van der Waals surface area contributed by atoms with Gasteiger partial charge in [-0.2, -0.15) is 0 Å². The third-order valence-electron chi connectivity index (χ3n) is 2.16. The monoisotopic (exact) mass is 207 g/mol. The summed E-state index contributed by atoms with van der Waals surface area (Å²) in [6, 6.07) is 6.95. The summed E-state index contributed by atoms with van der Waals surface area (Å²) in [4.78, 5) is 22.8. The molecule has 0 saturated carbocycles. The average Bonchev–Trinajstić information content (AvgIpc) is 2.46. The number of ketones is 1. The number of nitrogens with two attached hydrogens (primary N) is 1. The van der Waals surface area contributed by atoms with Crippen LogP contribution in [0.1, 0.15) is 11.5 Å². The van der Waals surface area contributed by atoms with Crippen molar-refractivity contribution in [1.29, 1.82) is 0 Å². The largest absolute Gasteiger partial charge is 0.399 e. The number of nitrogen functional groups attached to an aromatic ring is 1. The van der Waals surface area contributed by atoms with E-state index >= 15 is 0 Å². The molecule has 2 N–H and O–H groups in total. The van der Waals surface area contributed by atoms with Crippen molar-refractivity contribution in [2.45, 2.75) is 5.92 Å². The van der Waals surface area contributed by atoms with Crippen LogP contribution in [0.25, 0.3) is 0 Å². The number of anilines is 1. The van der Waals surface area contributed by atoms with E-state index in [9.17, 15) is 9.59 Å². The molecule has 1 aromatic carbocycles. The number of thioether (sulfide) groups is 1. The van der Waals surface area contributed by atoms with Crippen molar-refractivity contribution in [2.75, 3.05) is 11.5 Å². The molecule has 0 amide bonds. The summed E-state index contributed by atoms with van der Waals surface area (Å²) in [5.74, 6) is -0.327. The molecular weight excluding hydrogens is 198 g/mol. The molecule has 1 aliphatic rings. The van der Waals surface area contributed by atoms with Crippen LogP contribution in [0.4, 0.5) is 5.69 Å². The predicted octanol–water partition coefficient (Wildman–Crippen LogP) is 1.19. The van der Waals surface area contributed by atoms with E-state index in [-0.39, 0.29) is 16.7 Å². The highest BCUT2D eigenvalue weighted by Gasteiger charge is 2.34. The second-order valence-corrected chi connectivity index (χ2v) is 4.16. The van der Waals surface area contributed by atoms with Crippen LogP contribution in [-0.4, -0.2) is 16.7 Å². The minimum absolute atomic E-state index is 0.0226. The van der Waals surface area contributed by atoms with Gasteiger partial charge in [0, 0.05) is 5.69 Å². The summed E-state index contributed by atoms with van der Waals surface area (Å²) in [7, 11) is 0. The van der Waals surface area contributed by atoms with Gasteiger partial charge in [-0.3, -0.25) is 9.59 Å². The molecule has 4 heteroatoms. The normalized spacial score (nSPS) is 21.6. The molecule has 0 bridgehead atoms. The molecule has 14 heavy (non-hydrogen) atoms. The van der Waals surface area contributed by atoms with Gasteiger partial charge in [0.1, 0.15) is 5.92 Å². The lowest BCUT2D eigenvalue weighted by molar-refractivity contribution is -0.122. The third-order valence-corrected chi connectivity index (χ3v) is 3.11. The van der Waals surface area contributed by atoms with Crippen molar-refractivity contribution in [2.24, 2.45) is 0 Å². The smallest absolute Gasteiger partial charge is 0.204 e. The molecule has 1 heterocycles. The van der Waals surface area contributed by atoms with Crippen LogP contribution in [0.15, 0.2) is 24.3 Å². The van der Waals surface area contributed by atoms with Crippen molar-refractivity contribution in [3.63, 3.8) is 0 Å². The Bertz CT molecular complexity index is 387. The Morgan fingerprint density at radius 1 is 1.36 bits per heavy atom. The van der Waals surface area contributed by atoms with Gasteiger partial charge in [-0.15, -0.1) is 0 Å². The van der Waals surface area contributed by atoms with Crippen molar-refractivity contribution < 1.29 is 9.59 Å². The van der Waals surface area contributed by atoms with E-state index in [1.165, 1.54) is 0 Å². The molecule has 1 fully saturated rings. The summed E-state index contributed by atoms with van der Waals surface area (Å²) in [5.41, 5.74) is 6.88. The molecule has 0 aliphatic carbocycles. The molecule has 1 atom stereocenters. The Kier molecular flexibility index (Phi) is 2.29. The predicted molar refractivity (Wildman–Crippen MR) is 56.1 cm³/mol. The fourth-order valence-electron chi connectivity index (χ4n) is 1.50. The van der Waals surface area contributed by atoms with Crippen LogP contribution >= 0.6 is 11.8 Å². The number of carbonyl (C=O) groups excluding carboxylic acids is 2. The zero-order chi connectivity index (χ0) is 10.1. The van der Waals surface area contributed by atoms with Crippen molar-refractivity contribution >= 4 is 28.3 Å². The zero-order valence-electron chi connectivity index (χ0n) is 7.40. The van der Waals surface area contributed by atoms with E-state index in [1.54, 1.807) is 24.3 Å². The van der Waals surface area contributed by atoms with Gasteiger partial charge >= 0.3 is 0 Å². The summed E-state index contributed by atoms with van der Waals surface area (Å²) in [6.45, 7) is 0. The lowest BCUT2D eigenvalue weighted by Gasteiger charge is -2.06. The first-order chi connectivity index (χ1) is 6.68. The second kappa shape index (κ2) is 3.46. The average molecular weight is 207 g/mol. The van der Waals surface area contributed by atoms with Crippen LogP contribution in [-0.2, 0) is 9.59 Å². The zero-order valence-corrected chi connectivity index (χ0v) is 8.21. The quantitative estimate of drug-likeness (QED) is 0.555. The molecule has 72 valence electrons. The molecule has 3 nitrogen and oxygen atoms in total. The van der Waals surface area contributed by atoms with Crippen LogP contribution < -0.4 is 5.73 Å².